The van der Waals surface area contributed by atoms with Gasteiger partial charge in [-0.05, 0) is 44.1 Å². The quantitative estimate of drug-likeness (QED) is 0.866. The molecule has 0 spiro atoms. The molecular weight excluding hydrogens is 236 g/mol. The summed E-state index contributed by atoms with van der Waals surface area (Å²) in [7, 11) is 0. The number of rotatable bonds is 4. The van der Waals surface area contributed by atoms with Gasteiger partial charge >= 0.3 is 0 Å². The van der Waals surface area contributed by atoms with Gasteiger partial charge in [0.1, 0.15) is 11.0 Å². The van der Waals surface area contributed by atoms with E-state index in [0.29, 0.717) is 5.15 Å². The number of hydrogen-bond donors (Lipinski definition) is 2. The molecular formula is C12H19ClN4. The molecule has 1 aliphatic rings. The second kappa shape index (κ2) is 6.17. The molecule has 1 heterocycles. The van der Waals surface area contributed by atoms with Crippen LogP contribution in [0.4, 0.5) is 5.82 Å². The van der Waals surface area contributed by atoms with E-state index in [2.05, 4.69) is 15.3 Å². The highest BCUT2D eigenvalue weighted by Gasteiger charge is 2.19. The van der Waals surface area contributed by atoms with Crippen LogP contribution in [0.5, 0.6) is 0 Å². The first kappa shape index (κ1) is 12.6. The van der Waals surface area contributed by atoms with Crippen molar-refractivity contribution >= 4 is 17.4 Å². The largest absolute Gasteiger partial charge is 0.368 e. The van der Waals surface area contributed by atoms with Gasteiger partial charge in [0, 0.05) is 6.54 Å². The van der Waals surface area contributed by atoms with Crippen molar-refractivity contribution in [2.45, 2.75) is 25.7 Å². The highest BCUT2D eigenvalue weighted by Crippen LogP contribution is 2.28. The first-order valence-corrected chi connectivity index (χ1v) is 6.57. The number of nitrogens with two attached hydrogens (primary N) is 1. The molecule has 0 atom stereocenters. The Balaban J connectivity index is 1.76. The SMILES string of the molecule is NCC1CCC(CNc2cncc(Cl)n2)CC1. The van der Waals surface area contributed by atoms with E-state index in [0.717, 1.165) is 30.7 Å². The van der Waals surface area contributed by atoms with Gasteiger partial charge in [0.15, 0.2) is 0 Å². The standard InChI is InChI=1S/C12H19ClN4/c13-11-7-15-8-12(17-11)16-6-10-3-1-9(5-14)2-4-10/h7-10H,1-6,14H2,(H,16,17). The molecule has 1 fully saturated rings. The van der Waals surface area contributed by atoms with Gasteiger partial charge in [-0.15, -0.1) is 0 Å². The van der Waals surface area contributed by atoms with E-state index in [1.54, 1.807) is 12.4 Å². The summed E-state index contributed by atoms with van der Waals surface area (Å²) in [5, 5.41) is 3.73. The number of aromatic nitrogens is 2. The molecule has 0 saturated heterocycles. The predicted octanol–water partition coefficient (Wildman–Crippen LogP) is 2.31. The van der Waals surface area contributed by atoms with Crippen molar-refractivity contribution in [1.29, 1.82) is 0 Å². The highest BCUT2D eigenvalue weighted by atomic mass is 35.5. The topological polar surface area (TPSA) is 63.8 Å². The minimum absolute atomic E-state index is 0.432. The fourth-order valence-corrected chi connectivity index (χ4v) is 2.49. The highest BCUT2D eigenvalue weighted by molar-refractivity contribution is 6.29. The van der Waals surface area contributed by atoms with Crippen LogP contribution < -0.4 is 11.1 Å². The Hall–Kier alpha value is -0.870. The second-order valence-electron chi connectivity index (χ2n) is 4.73. The molecule has 5 heteroatoms. The Morgan fingerprint density at radius 2 is 1.94 bits per heavy atom. The summed E-state index contributed by atoms with van der Waals surface area (Å²) in [6.45, 7) is 1.78. The Bertz CT molecular complexity index is 350. The van der Waals surface area contributed by atoms with Gasteiger partial charge in [-0.2, -0.15) is 0 Å². The van der Waals surface area contributed by atoms with Gasteiger partial charge < -0.3 is 11.1 Å². The van der Waals surface area contributed by atoms with E-state index < -0.39 is 0 Å². The maximum absolute atomic E-state index is 5.78. The van der Waals surface area contributed by atoms with Crippen molar-refractivity contribution < 1.29 is 0 Å². The Morgan fingerprint density at radius 1 is 1.24 bits per heavy atom. The van der Waals surface area contributed by atoms with Crippen LogP contribution in [0.15, 0.2) is 12.4 Å². The van der Waals surface area contributed by atoms with Crippen LogP contribution in [0.25, 0.3) is 0 Å². The summed E-state index contributed by atoms with van der Waals surface area (Å²) >= 11 is 5.78. The monoisotopic (exact) mass is 254 g/mol. The minimum atomic E-state index is 0.432. The second-order valence-corrected chi connectivity index (χ2v) is 5.12. The predicted molar refractivity (Wildman–Crippen MR) is 70.0 cm³/mol. The molecule has 3 N–H and O–H groups in total. The third-order valence-electron chi connectivity index (χ3n) is 3.48. The van der Waals surface area contributed by atoms with Crippen molar-refractivity contribution in [3.05, 3.63) is 17.5 Å². The fraction of sp³-hybridized carbons (Fsp3) is 0.667. The number of anilines is 1. The maximum atomic E-state index is 5.78. The number of hydrogen-bond acceptors (Lipinski definition) is 4. The molecule has 17 heavy (non-hydrogen) atoms. The van der Waals surface area contributed by atoms with Crippen LogP contribution in [0, 0.1) is 11.8 Å². The molecule has 0 aromatic carbocycles. The lowest BCUT2D eigenvalue weighted by Gasteiger charge is -2.27. The van der Waals surface area contributed by atoms with Crippen LogP contribution in [-0.2, 0) is 0 Å². The van der Waals surface area contributed by atoms with Gasteiger partial charge in [0.2, 0.25) is 0 Å². The van der Waals surface area contributed by atoms with Crippen LogP contribution in [0.3, 0.4) is 0 Å². The molecule has 0 radical (unpaired) electrons. The third kappa shape index (κ3) is 3.82. The average Bonchev–Trinajstić information content (AvgIpc) is 2.37. The maximum Gasteiger partial charge on any atom is 0.149 e. The van der Waals surface area contributed by atoms with Crippen molar-refractivity contribution in [3.8, 4) is 0 Å². The molecule has 1 saturated carbocycles. The summed E-state index contributed by atoms with van der Waals surface area (Å²) in [6, 6.07) is 0. The van der Waals surface area contributed by atoms with Crippen molar-refractivity contribution in [1.82, 2.24) is 9.97 Å². The molecule has 4 nitrogen and oxygen atoms in total. The zero-order chi connectivity index (χ0) is 12.1. The van der Waals surface area contributed by atoms with Gasteiger partial charge in [0.05, 0.1) is 12.4 Å². The normalized spacial score (nSPS) is 24.6. The van der Waals surface area contributed by atoms with Crippen LogP contribution in [-0.4, -0.2) is 23.1 Å². The number of nitrogens with zero attached hydrogens (tertiary/aromatic N) is 2. The van der Waals surface area contributed by atoms with Gasteiger partial charge in [-0.1, -0.05) is 11.6 Å². The third-order valence-corrected chi connectivity index (χ3v) is 3.66. The molecule has 0 bridgehead atoms. The van der Waals surface area contributed by atoms with E-state index in [-0.39, 0.29) is 0 Å². The molecule has 0 amide bonds. The van der Waals surface area contributed by atoms with Crippen molar-refractivity contribution in [2.75, 3.05) is 18.4 Å². The summed E-state index contributed by atoms with van der Waals surface area (Å²) in [6.07, 6.45) is 8.26. The summed E-state index contributed by atoms with van der Waals surface area (Å²) < 4.78 is 0. The van der Waals surface area contributed by atoms with Crippen molar-refractivity contribution in [3.63, 3.8) is 0 Å². The molecule has 0 unspecified atom stereocenters. The first-order chi connectivity index (χ1) is 8.28. The lowest BCUT2D eigenvalue weighted by Crippen LogP contribution is -2.25. The fourth-order valence-electron chi connectivity index (χ4n) is 2.35. The summed E-state index contributed by atoms with van der Waals surface area (Å²) in [5.41, 5.74) is 5.68. The molecule has 1 aliphatic carbocycles. The Labute approximate surface area is 107 Å². The van der Waals surface area contributed by atoms with E-state index in [1.807, 2.05) is 0 Å². The lowest BCUT2D eigenvalue weighted by atomic mass is 9.82. The molecule has 1 aromatic heterocycles. The van der Waals surface area contributed by atoms with E-state index in [9.17, 15) is 0 Å². The first-order valence-electron chi connectivity index (χ1n) is 6.19. The molecule has 2 rings (SSSR count). The van der Waals surface area contributed by atoms with Crippen LogP contribution >= 0.6 is 11.6 Å². The Morgan fingerprint density at radius 3 is 2.59 bits per heavy atom. The number of halogens is 1. The summed E-state index contributed by atoms with van der Waals surface area (Å²) in [4.78, 5) is 8.16. The van der Waals surface area contributed by atoms with E-state index >= 15 is 0 Å². The Kier molecular flexibility index (Phi) is 4.57. The van der Waals surface area contributed by atoms with Crippen molar-refractivity contribution in [2.24, 2.45) is 17.6 Å². The van der Waals surface area contributed by atoms with E-state index in [1.165, 1.54) is 25.7 Å². The van der Waals surface area contributed by atoms with Gasteiger partial charge in [-0.3, -0.25) is 4.98 Å². The lowest BCUT2D eigenvalue weighted by molar-refractivity contribution is 0.289. The number of nitrogens with one attached hydrogen (secondary N) is 1. The zero-order valence-corrected chi connectivity index (χ0v) is 10.7. The zero-order valence-electron chi connectivity index (χ0n) is 9.90. The minimum Gasteiger partial charge on any atom is -0.368 e. The molecule has 94 valence electrons. The molecule has 1 aromatic rings. The molecule has 0 aliphatic heterocycles. The van der Waals surface area contributed by atoms with Crippen LogP contribution in [0.1, 0.15) is 25.7 Å². The van der Waals surface area contributed by atoms with Gasteiger partial charge in [0.25, 0.3) is 0 Å². The average molecular weight is 255 g/mol. The van der Waals surface area contributed by atoms with E-state index in [4.69, 9.17) is 17.3 Å². The smallest absolute Gasteiger partial charge is 0.149 e. The summed E-state index contributed by atoms with van der Waals surface area (Å²) in [5.74, 6) is 2.22. The van der Waals surface area contributed by atoms with Crippen LogP contribution in [0.2, 0.25) is 5.15 Å². The van der Waals surface area contributed by atoms with Gasteiger partial charge in [-0.25, -0.2) is 4.98 Å².